The number of anilines is 1. The van der Waals surface area contributed by atoms with Crippen LogP contribution >= 0.6 is 12.2 Å². The molecule has 2 N–H and O–H groups in total. The minimum atomic E-state index is 0.522. The maximum atomic E-state index is 5.40. The molecule has 5 heteroatoms. The Bertz CT molecular complexity index is 770. The van der Waals surface area contributed by atoms with Gasteiger partial charge >= 0.3 is 0 Å². The molecule has 0 aliphatic carbocycles. The van der Waals surface area contributed by atoms with Crippen LogP contribution in [0.4, 0.5) is 5.69 Å². The number of aromatic nitrogens is 2. The topological polar surface area (TPSA) is 49.9 Å². The number of imidazole rings is 1. The first-order valence-corrected chi connectivity index (χ1v) is 7.23. The third-order valence-electron chi connectivity index (χ3n) is 3.27. The van der Waals surface area contributed by atoms with E-state index in [1.165, 1.54) is 0 Å². The van der Waals surface area contributed by atoms with E-state index in [2.05, 4.69) is 27.4 Å². The zero-order valence-electron chi connectivity index (χ0n) is 12.0. The molecule has 0 atom stereocenters. The van der Waals surface area contributed by atoms with Crippen LogP contribution < -0.4 is 10.1 Å². The molecule has 0 saturated heterocycles. The second-order valence-corrected chi connectivity index (χ2v) is 5.08. The van der Waals surface area contributed by atoms with Crippen molar-refractivity contribution in [3.8, 4) is 16.9 Å². The minimum absolute atomic E-state index is 0.522. The van der Waals surface area contributed by atoms with E-state index in [1.807, 2.05) is 36.4 Å². The number of methoxy groups -OCH3 is 1. The van der Waals surface area contributed by atoms with Gasteiger partial charge in [0.2, 0.25) is 0 Å². The van der Waals surface area contributed by atoms with E-state index >= 15 is 0 Å². The summed E-state index contributed by atoms with van der Waals surface area (Å²) in [5.41, 5.74) is 3.04. The Morgan fingerprint density at radius 2 is 1.95 bits per heavy atom. The SMILES string of the molecule is COc1ccc(-c2ccccc2)cc1NC(=S)c1ncc[nH]1. The Morgan fingerprint density at radius 1 is 1.14 bits per heavy atom. The van der Waals surface area contributed by atoms with Crippen LogP contribution in [0.3, 0.4) is 0 Å². The molecule has 0 aliphatic heterocycles. The molecule has 0 saturated carbocycles. The number of nitrogens with zero attached hydrogens (tertiary/aromatic N) is 1. The van der Waals surface area contributed by atoms with Crippen molar-refractivity contribution in [2.75, 3.05) is 12.4 Å². The van der Waals surface area contributed by atoms with Crippen LogP contribution in [0.15, 0.2) is 60.9 Å². The van der Waals surface area contributed by atoms with Crippen molar-refractivity contribution in [3.05, 3.63) is 66.7 Å². The van der Waals surface area contributed by atoms with Crippen molar-refractivity contribution >= 4 is 22.9 Å². The number of ether oxygens (including phenoxy) is 1. The number of nitrogens with one attached hydrogen (secondary N) is 2. The Hall–Kier alpha value is -2.66. The van der Waals surface area contributed by atoms with Crippen molar-refractivity contribution in [2.45, 2.75) is 0 Å². The van der Waals surface area contributed by atoms with Gasteiger partial charge in [-0.15, -0.1) is 0 Å². The van der Waals surface area contributed by atoms with Crippen molar-refractivity contribution < 1.29 is 4.74 Å². The first-order chi connectivity index (χ1) is 10.8. The minimum Gasteiger partial charge on any atom is -0.495 e. The smallest absolute Gasteiger partial charge is 0.165 e. The Kier molecular flexibility index (Phi) is 4.16. The predicted octanol–water partition coefficient (Wildman–Crippen LogP) is 3.87. The third kappa shape index (κ3) is 2.99. The molecule has 2 aromatic carbocycles. The number of thiocarbonyl (C=S) groups is 1. The van der Waals surface area contributed by atoms with Gasteiger partial charge < -0.3 is 15.0 Å². The predicted molar refractivity (Wildman–Crippen MR) is 92.3 cm³/mol. The van der Waals surface area contributed by atoms with E-state index in [-0.39, 0.29) is 0 Å². The highest BCUT2D eigenvalue weighted by Crippen LogP contribution is 2.30. The standard InChI is InChI=1S/C17H15N3OS/c1-21-15-8-7-13(12-5-3-2-4-6-12)11-14(15)20-17(22)16-18-9-10-19-16/h2-11H,1H3,(H,18,19)(H,20,22). The number of H-pyrrole nitrogens is 1. The van der Waals surface area contributed by atoms with Gasteiger partial charge in [0, 0.05) is 12.4 Å². The largest absolute Gasteiger partial charge is 0.495 e. The van der Waals surface area contributed by atoms with E-state index in [1.54, 1.807) is 19.5 Å². The van der Waals surface area contributed by atoms with Crippen LogP contribution in [-0.2, 0) is 0 Å². The number of aromatic amines is 1. The average molecular weight is 309 g/mol. The molecule has 0 bridgehead atoms. The Balaban J connectivity index is 1.93. The maximum Gasteiger partial charge on any atom is 0.165 e. The molecular weight excluding hydrogens is 294 g/mol. The van der Waals surface area contributed by atoms with Gasteiger partial charge in [0.1, 0.15) is 10.7 Å². The van der Waals surface area contributed by atoms with Crippen molar-refractivity contribution in [2.24, 2.45) is 0 Å². The van der Waals surface area contributed by atoms with E-state index in [4.69, 9.17) is 17.0 Å². The van der Waals surface area contributed by atoms with Gasteiger partial charge in [0.15, 0.2) is 5.82 Å². The second kappa shape index (κ2) is 6.41. The lowest BCUT2D eigenvalue weighted by atomic mass is 10.0. The summed E-state index contributed by atoms with van der Waals surface area (Å²) in [5.74, 6) is 1.36. The molecule has 0 unspecified atom stereocenters. The number of hydrogen-bond donors (Lipinski definition) is 2. The van der Waals surface area contributed by atoms with Crippen LogP contribution in [0.5, 0.6) is 5.75 Å². The fourth-order valence-electron chi connectivity index (χ4n) is 2.19. The van der Waals surface area contributed by atoms with Gasteiger partial charge in [-0.25, -0.2) is 4.98 Å². The molecular formula is C17H15N3OS. The highest BCUT2D eigenvalue weighted by Gasteiger charge is 2.10. The van der Waals surface area contributed by atoms with Crippen molar-refractivity contribution in [1.29, 1.82) is 0 Å². The molecule has 3 aromatic rings. The van der Waals surface area contributed by atoms with Crippen molar-refractivity contribution in [1.82, 2.24) is 9.97 Å². The average Bonchev–Trinajstić information content (AvgIpc) is 3.10. The zero-order chi connectivity index (χ0) is 15.4. The lowest BCUT2D eigenvalue weighted by Gasteiger charge is -2.13. The van der Waals surface area contributed by atoms with Gasteiger partial charge in [-0.2, -0.15) is 0 Å². The number of benzene rings is 2. The molecule has 3 rings (SSSR count). The highest BCUT2D eigenvalue weighted by molar-refractivity contribution is 7.81. The first kappa shape index (κ1) is 14.3. The van der Waals surface area contributed by atoms with Gasteiger partial charge in [-0.3, -0.25) is 0 Å². The van der Waals surface area contributed by atoms with E-state index < -0.39 is 0 Å². The quantitative estimate of drug-likeness (QED) is 0.718. The molecule has 1 aromatic heterocycles. The third-order valence-corrected chi connectivity index (χ3v) is 3.56. The molecule has 0 radical (unpaired) electrons. The van der Waals surface area contributed by atoms with Crippen LogP contribution in [0.25, 0.3) is 11.1 Å². The fraction of sp³-hybridized carbons (Fsp3) is 0.0588. The summed E-state index contributed by atoms with van der Waals surface area (Å²) in [7, 11) is 1.64. The molecule has 0 amide bonds. The molecule has 110 valence electrons. The van der Waals surface area contributed by atoms with Crippen LogP contribution in [0.1, 0.15) is 5.82 Å². The summed E-state index contributed by atoms with van der Waals surface area (Å²) in [4.78, 5) is 7.66. The fourth-order valence-corrected chi connectivity index (χ4v) is 2.41. The summed E-state index contributed by atoms with van der Waals surface area (Å²) in [6.45, 7) is 0. The molecule has 4 nitrogen and oxygen atoms in total. The lowest BCUT2D eigenvalue weighted by molar-refractivity contribution is 0.417. The van der Waals surface area contributed by atoms with Crippen LogP contribution in [0.2, 0.25) is 0 Å². The van der Waals surface area contributed by atoms with E-state index in [0.29, 0.717) is 10.8 Å². The normalized spacial score (nSPS) is 10.2. The summed E-state index contributed by atoms with van der Waals surface area (Å²) in [6.07, 6.45) is 3.40. The zero-order valence-corrected chi connectivity index (χ0v) is 12.9. The Morgan fingerprint density at radius 3 is 2.64 bits per heavy atom. The van der Waals surface area contributed by atoms with Gasteiger partial charge in [-0.1, -0.05) is 48.6 Å². The number of rotatable bonds is 4. The summed E-state index contributed by atoms with van der Waals surface area (Å²) < 4.78 is 5.40. The monoisotopic (exact) mass is 309 g/mol. The number of hydrogen-bond acceptors (Lipinski definition) is 3. The molecule has 1 heterocycles. The van der Waals surface area contributed by atoms with Crippen molar-refractivity contribution in [3.63, 3.8) is 0 Å². The summed E-state index contributed by atoms with van der Waals surface area (Å²) in [5, 5.41) is 3.19. The lowest BCUT2D eigenvalue weighted by Crippen LogP contribution is -2.13. The van der Waals surface area contributed by atoms with E-state index in [9.17, 15) is 0 Å². The highest BCUT2D eigenvalue weighted by atomic mass is 32.1. The molecule has 0 spiro atoms. The second-order valence-electron chi connectivity index (χ2n) is 4.67. The molecule has 0 aliphatic rings. The first-order valence-electron chi connectivity index (χ1n) is 6.82. The van der Waals surface area contributed by atoms with Crippen LogP contribution in [0, 0.1) is 0 Å². The Labute approximate surface area is 134 Å². The van der Waals surface area contributed by atoms with Gasteiger partial charge in [0.05, 0.1) is 12.8 Å². The summed E-state index contributed by atoms with van der Waals surface area (Å²) in [6, 6.07) is 16.1. The maximum absolute atomic E-state index is 5.40. The van der Waals surface area contributed by atoms with E-state index in [0.717, 1.165) is 22.6 Å². The van der Waals surface area contributed by atoms with Gasteiger partial charge in [0.25, 0.3) is 0 Å². The summed E-state index contributed by atoms with van der Waals surface area (Å²) >= 11 is 5.36. The van der Waals surface area contributed by atoms with Gasteiger partial charge in [-0.05, 0) is 23.3 Å². The molecule has 0 fully saturated rings. The van der Waals surface area contributed by atoms with Crippen LogP contribution in [-0.4, -0.2) is 22.1 Å². The molecule has 22 heavy (non-hydrogen) atoms.